The van der Waals surface area contributed by atoms with Crippen molar-refractivity contribution in [1.82, 2.24) is 4.98 Å². The number of nitriles is 1. The van der Waals surface area contributed by atoms with Crippen LogP contribution in [-0.2, 0) is 23.0 Å². The molecule has 0 spiro atoms. The van der Waals surface area contributed by atoms with Gasteiger partial charge in [-0.1, -0.05) is 42.5 Å². The molecule has 0 bridgehead atoms. The van der Waals surface area contributed by atoms with Crippen molar-refractivity contribution in [2.45, 2.75) is 38.5 Å². The Morgan fingerprint density at radius 1 is 1.17 bits per heavy atom. The fourth-order valence-electron chi connectivity index (χ4n) is 4.52. The second-order valence-corrected chi connectivity index (χ2v) is 7.95. The van der Waals surface area contributed by atoms with Crippen molar-refractivity contribution in [2.24, 2.45) is 0 Å². The van der Waals surface area contributed by atoms with Gasteiger partial charge in [-0.05, 0) is 73.1 Å². The number of methoxy groups -OCH3 is 1. The summed E-state index contributed by atoms with van der Waals surface area (Å²) in [5, 5.41) is 10.2. The molecule has 0 saturated heterocycles. The normalized spacial score (nSPS) is 17.3. The molecule has 0 saturated carbocycles. The predicted molar refractivity (Wildman–Crippen MR) is 116 cm³/mol. The lowest BCUT2D eigenvalue weighted by molar-refractivity contribution is 0.0601. The maximum absolute atomic E-state index is 12.1. The molecule has 0 N–H and O–H groups in total. The lowest BCUT2D eigenvalue weighted by Gasteiger charge is -2.23. The van der Waals surface area contributed by atoms with Gasteiger partial charge in [0.25, 0.3) is 0 Å². The Bertz CT molecular complexity index is 1160. The van der Waals surface area contributed by atoms with Gasteiger partial charge in [0.2, 0.25) is 0 Å². The first-order valence-electron chi connectivity index (χ1n) is 10.1. The fraction of sp³-hybridized carbons (Fsp3) is 0.269. The van der Waals surface area contributed by atoms with E-state index >= 15 is 0 Å². The molecule has 4 heteroatoms. The van der Waals surface area contributed by atoms with Crippen molar-refractivity contribution in [3.05, 3.63) is 88.2 Å². The molecule has 30 heavy (non-hydrogen) atoms. The van der Waals surface area contributed by atoms with Crippen LogP contribution in [0.15, 0.2) is 54.6 Å². The quantitative estimate of drug-likeness (QED) is 0.576. The number of aryl methyl sites for hydroxylation is 1. The zero-order valence-corrected chi connectivity index (χ0v) is 17.5. The van der Waals surface area contributed by atoms with E-state index in [0.29, 0.717) is 12.0 Å². The number of carbonyl (C=O) groups is 1. The Morgan fingerprint density at radius 3 is 2.63 bits per heavy atom. The van der Waals surface area contributed by atoms with Crippen LogP contribution in [0.2, 0.25) is 0 Å². The number of ether oxygens (including phenoxy) is 1. The van der Waals surface area contributed by atoms with Gasteiger partial charge in [-0.2, -0.15) is 5.26 Å². The number of pyridine rings is 1. The number of carbonyl (C=O) groups excluding carboxylic acids is 1. The largest absolute Gasteiger partial charge is 0.465 e. The Balaban J connectivity index is 1.88. The lowest BCUT2D eigenvalue weighted by atomic mass is 9.80. The first-order chi connectivity index (χ1) is 14.5. The van der Waals surface area contributed by atoms with E-state index in [4.69, 9.17) is 9.72 Å². The highest BCUT2D eigenvalue weighted by Crippen LogP contribution is 2.45. The number of hydrogen-bond donors (Lipinski definition) is 0. The molecule has 1 aliphatic rings. The van der Waals surface area contributed by atoms with E-state index in [2.05, 4.69) is 25.1 Å². The Hall–Kier alpha value is -3.45. The molecule has 1 unspecified atom stereocenters. The summed E-state index contributed by atoms with van der Waals surface area (Å²) in [6.07, 6.45) is 2.18. The number of benzene rings is 2. The molecular weight excluding hydrogens is 372 g/mol. The van der Waals surface area contributed by atoms with Crippen molar-refractivity contribution in [3.8, 4) is 17.2 Å². The number of hydrogen-bond acceptors (Lipinski definition) is 4. The molecule has 1 aliphatic carbocycles. The van der Waals surface area contributed by atoms with Gasteiger partial charge < -0.3 is 4.74 Å². The zero-order valence-electron chi connectivity index (χ0n) is 17.5. The van der Waals surface area contributed by atoms with Crippen molar-refractivity contribution in [2.75, 3.05) is 7.11 Å². The van der Waals surface area contributed by atoms with Crippen LogP contribution in [0.4, 0.5) is 0 Å². The van der Waals surface area contributed by atoms with Gasteiger partial charge >= 0.3 is 5.97 Å². The molecule has 4 nitrogen and oxygen atoms in total. The van der Waals surface area contributed by atoms with Crippen LogP contribution in [0.25, 0.3) is 11.1 Å². The molecule has 1 atom stereocenters. The molecule has 1 heterocycles. The zero-order chi connectivity index (χ0) is 21.3. The van der Waals surface area contributed by atoms with Crippen molar-refractivity contribution in [3.63, 3.8) is 0 Å². The van der Waals surface area contributed by atoms with E-state index < -0.39 is 5.41 Å². The van der Waals surface area contributed by atoms with Gasteiger partial charge in [0.05, 0.1) is 24.4 Å². The third-order valence-electron chi connectivity index (χ3n) is 6.17. The van der Waals surface area contributed by atoms with Crippen LogP contribution >= 0.6 is 0 Å². The smallest absolute Gasteiger partial charge is 0.337 e. The van der Waals surface area contributed by atoms with Gasteiger partial charge in [-0.15, -0.1) is 0 Å². The van der Waals surface area contributed by atoms with Gasteiger partial charge in [0.1, 0.15) is 5.41 Å². The summed E-state index contributed by atoms with van der Waals surface area (Å²) in [7, 11) is 1.39. The highest BCUT2D eigenvalue weighted by atomic mass is 16.5. The standard InChI is InChI=1S/C26H24N2O2/c1-17-18(2)28-24-22(23(17)20-10-7-11-21(14-20)25(29)30-3)12-13-26(24,16-27)15-19-8-5-4-6-9-19/h4-11,14H,12-13,15H2,1-3H3. The minimum Gasteiger partial charge on any atom is -0.465 e. The fourth-order valence-corrected chi connectivity index (χ4v) is 4.52. The average Bonchev–Trinajstić information content (AvgIpc) is 3.12. The highest BCUT2D eigenvalue weighted by Gasteiger charge is 2.42. The number of fused-ring (bicyclic) bond motifs is 1. The van der Waals surface area contributed by atoms with Crippen LogP contribution < -0.4 is 0 Å². The SMILES string of the molecule is COC(=O)c1cccc(-c2c(C)c(C)nc3c2CCC3(C#N)Cc2ccccc2)c1. The maximum Gasteiger partial charge on any atom is 0.337 e. The van der Waals surface area contributed by atoms with Crippen LogP contribution in [0.5, 0.6) is 0 Å². The molecule has 150 valence electrons. The van der Waals surface area contributed by atoms with Crippen molar-refractivity contribution in [1.29, 1.82) is 5.26 Å². The van der Waals surface area contributed by atoms with E-state index in [1.165, 1.54) is 7.11 Å². The predicted octanol–water partition coefficient (Wildman–Crippen LogP) is 5.10. The average molecular weight is 396 g/mol. The molecular formula is C26H24N2O2. The summed E-state index contributed by atoms with van der Waals surface area (Å²) in [5.74, 6) is -0.354. The minimum absolute atomic E-state index is 0.354. The molecule has 1 aromatic heterocycles. The van der Waals surface area contributed by atoms with Crippen molar-refractivity contribution >= 4 is 5.97 Å². The van der Waals surface area contributed by atoms with Gasteiger partial charge in [0.15, 0.2) is 0 Å². The summed E-state index contributed by atoms with van der Waals surface area (Å²) < 4.78 is 4.90. The van der Waals surface area contributed by atoms with Gasteiger partial charge in [-0.25, -0.2) is 4.79 Å². The molecule has 2 aromatic carbocycles. The van der Waals surface area contributed by atoms with Crippen LogP contribution in [-0.4, -0.2) is 18.1 Å². The number of esters is 1. The first-order valence-corrected chi connectivity index (χ1v) is 10.1. The van der Waals surface area contributed by atoms with Gasteiger partial charge in [-0.3, -0.25) is 4.98 Å². The molecule has 0 amide bonds. The van der Waals surface area contributed by atoms with E-state index in [9.17, 15) is 10.1 Å². The highest BCUT2D eigenvalue weighted by molar-refractivity contribution is 5.91. The van der Waals surface area contributed by atoms with E-state index in [1.807, 2.05) is 43.3 Å². The summed E-state index contributed by atoms with van der Waals surface area (Å²) >= 11 is 0. The summed E-state index contributed by atoms with van der Waals surface area (Å²) in [6, 6.07) is 20.3. The molecule has 3 aromatic rings. The third kappa shape index (κ3) is 3.27. The van der Waals surface area contributed by atoms with Crippen molar-refractivity contribution < 1.29 is 9.53 Å². The number of aromatic nitrogens is 1. The Morgan fingerprint density at radius 2 is 1.93 bits per heavy atom. The van der Waals surface area contributed by atoms with Crippen LogP contribution in [0.3, 0.4) is 0 Å². The van der Waals surface area contributed by atoms with Crippen LogP contribution in [0.1, 0.15) is 44.9 Å². The Kier molecular flexibility index (Phi) is 5.13. The third-order valence-corrected chi connectivity index (χ3v) is 6.17. The molecule has 4 rings (SSSR count). The first kappa shape index (κ1) is 19.8. The maximum atomic E-state index is 12.1. The van der Waals surface area contributed by atoms with Crippen LogP contribution in [0, 0.1) is 25.2 Å². The summed E-state index contributed by atoms with van der Waals surface area (Å²) in [6.45, 7) is 4.05. The molecule has 0 aliphatic heterocycles. The molecule has 0 fully saturated rings. The van der Waals surface area contributed by atoms with Gasteiger partial charge in [0, 0.05) is 5.69 Å². The second kappa shape index (κ2) is 7.76. The van der Waals surface area contributed by atoms with E-state index in [0.717, 1.165) is 52.0 Å². The number of nitrogens with zero attached hydrogens (tertiary/aromatic N) is 2. The Labute approximate surface area is 177 Å². The topological polar surface area (TPSA) is 63.0 Å². The lowest BCUT2D eigenvalue weighted by Crippen LogP contribution is -2.25. The van der Waals surface area contributed by atoms with E-state index in [1.54, 1.807) is 6.07 Å². The monoisotopic (exact) mass is 396 g/mol. The summed E-state index contributed by atoms with van der Waals surface area (Å²) in [5.41, 5.74) is 7.09. The molecule has 0 radical (unpaired) electrons. The summed E-state index contributed by atoms with van der Waals surface area (Å²) in [4.78, 5) is 17.0. The second-order valence-electron chi connectivity index (χ2n) is 7.95. The number of rotatable bonds is 4. The minimum atomic E-state index is -0.635. The van der Waals surface area contributed by atoms with E-state index in [-0.39, 0.29) is 5.97 Å².